The van der Waals surface area contributed by atoms with Crippen LogP contribution in [0, 0.1) is 17.2 Å². The van der Waals surface area contributed by atoms with E-state index in [9.17, 15) is 9.70 Å². The molecular formula is C32H37N5O4S. The number of nitroso groups, excluding NO2 is 1. The van der Waals surface area contributed by atoms with Crippen molar-refractivity contribution >= 4 is 29.7 Å². The van der Waals surface area contributed by atoms with E-state index in [2.05, 4.69) is 46.8 Å². The summed E-state index contributed by atoms with van der Waals surface area (Å²) in [4.78, 5) is 30.0. The Morgan fingerprint density at radius 2 is 2.02 bits per heavy atom. The van der Waals surface area contributed by atoms with Gasteiger partial charge in [-0.1, -0.05) is 36.4 Å². The maximum atomic E-state index is 11.9. The average Bonchev–Trinajstić information content (AvgIpc) is 3.00. The molecule has 2 aromatic carbocycles. The van der Waals surface area contributed by atoms with E-state index in [0.29, 0.717) is 24.2 Å². The van der Waals surface area contributed by atoms with Crippen LogP contribution in [0.2, 0.25) is 0 Å². The second kappa shape index (κ2) is 14.7. The molecule has 42 heavy (non-hydrogen) atoms. The normalized spacial score (nSPS) is 14.3. The van der Waals surface area contributed by atoms with E-state index in [1.807, 2.05) is 49.0 Å². The maximum Gasteiger partial charge on any atom is 0.323 e. The molecule has 0 aliphatic carbocycles. The number of fused-ring (bicyclic) bond motifs is 1. The Morgan fingerprint density at radius 1 is 1.21 bits per heavy atom. The SMILES string of the molecule is CCO/C(Nc1cccc(-c2cccc(C)c2OCc2ccc3c(c2)CCN(C(C)CSC)C3)n1)=C(/C=N)C(=O)N=O. The number of anilines is 1. The first kappa shape index (κ1) is 30.9. The number of hydrogen-bond donors (Lipinski definition) is 2. The number of hydrogen-bond acceptors (Lipinski definition) is 9. The standard InChI is InChI=1S/C32H37N5O4S/c1-5-40-32(27(17-33)31(38)36-39)35-29-11-7-10-28(34-29)26-9-6-8-21(2)30(26)41-19-23-12-13-25-18-37(22(3)20-42-4)15-14-24(25)16-23/h6-13,16-17,22,33H,5,14-15,18-20H2,1-4H3,(H,34,35)/b32-27-,33-17?. The summed E-state index contributed by atoms with van der Waals surface area (Å²) in [5.41, 5.74) is 6.06. The highest BCUT2D eigenvalue weighted by Gasteiger charge is 2.21. The monoisotopic (exact) mass is 587 g/mol. The van der Waals surface area contributed by atoms with E-state index in [1.165, 1.54) is 11.1 Å². The lowest BCUT2D eigenvalue weighted by Crippen LogP contribution is -2.38. The molecule has 0 fully saturated rings. The first-order valence-corrected chi connectivity index (χ1v) is 15.3. The van der Waals surface area contributed by atoms with E-state index in [4.69, 9.17) is 19.9 Å². The fourth-order valence-corrected chi connectivity index (χ4v) is 5.70. The van der Waals surface area contributed by atoms with Crippen molar-refractivity contribution in [1.29, 1.82) is 5.41 Å². The van der Waals surface area contributed by atoms with Gasteiger partial charge in [0.2, 0.25) is 5.88 Å². The molecule has 10 heteroatoms. The molecule has 9 nitrogen and oxygen atoms in total. The Hall–Kier alpha value is -4.02. The first-order valence-electron chi connectivity index (χ1n) is 13.9. The zero-order valence-electron chi connectivity index (χ0n) is 24.5. The highest BCUT2D eigenvalue weighted by atomic mass is 32.2. The summed E-state index contributed by atoms with van der Waals surface area (Å²) in [7, 11) is 0. The number of benzene rings is 2. The van der Waals surface area contributed by atoms with Gasteiger partial charge in [-0.2, -0.15) is 11.8 Å². The van der Waals surface area contributed by atoms with E-state index in [0.717, 1.165) is 53.9 Å². The Kier molecular flexibility index (Phi) is 10.9. The lowest BCUT2D eigenvalue weighted by molar-refractivity contribution is -0.114. The van der Waals surface area contributed by atoms with Crippen LogP contribution < -0.4 is 10.1 Å². The lowest BCUT2D eigenvalue weighted by atomic mass is 9.96. The van der Waals surface area contributed by atoms with E-state index >= 15 is 0 Å². The molecule has 1 aliphatic heterocycles. The van der Waals surface area contributed by atoms with Gasteiger partial charge in [-0.05, 0) is 73.9 Å². The van der Waals surface area contributed by atoms with Crippen LogP contribution in [0.4, 0.5) is 5.82 Å². The van der Waals surface area contributed by atoms with E-state index < -0.39 is 5.91 Å². The maximum absolute atomic E-state index is 11.9. The molecule has 0 saturated carbocycles. The van der Waals surface area contributed by atoms with Crippen molar-refractivity contribution in [2.45, 2.75) is 46.4 Å². The molecule has 3 aromatic rings. The number of rotatable bonds is 13. The molecule has 2 N–H and O–H groups in total. The summed E-state index contributed by atoms with van der Waals surface area (Å²) in [5, 5.41) is 12.9. The predicted octanol–water partition coefficient (Wildman–Crippen LogP) is 6.35. The number of aromatic nitrogens is 1. The molecule has 1 unspecified atom stereocenters. The summed E-state index contributed by atoms with van der Waals surface area (Å²) in [5.74, 6) is 1.09. The third kappa shape index (κ3) is 7.43. The highest BCUT2D eigenvalue weighted by Crippen LogP contribution is 2.34. The summed E-state index contributed by atoms with van der Waals surface area (Å²) >= 11 is 1.89. The van der Waals surface area contributed by atoms with Crippen LogP contribution >= 0.6 is 11.8 Å². The third-order valence-electron chi connectivity index (χ3n) is 7.20. The summed E-state index contributed by atoms with van der Waals surface area (Å²) in [6, 6.07) is 18.5. The molecule has 220 valence electrons. The van der Waals surface area contributed by atoms with Gasteiger partial charge in [0.1, 0.15) is 23.7 Å². The lowest BCUT2D eigenvalue weighted by Gasteiger charge is -2.33. The number of thioether (sulfide) groups is 1. The molecule has 1 atom stereocenters. The minimum atomic E-state index is -1.10. The van der Waals surface area contributed by atoms with Crippen molar-refractivity contribution < 1.29 is 14.3 Å². The van der Waals surface area contributed by atoms with Crippen molar-refractivity contribution in [3.8, 4) is 17.0 Å². The summed E-state index contributed by atoms with van der Waals surface area (Å²) < 4.78 is 11.9. The Balaban J connectivity index is 1.54. The number of aryl methyl sites for hydroxylation is 1. The van der Waals surface area contributed by atoms with Crippen molar-refractivity contribution in [3.63, 3.8) is 0 Å². The van der Waals surface area contributed by atoms with Crippen molar-refractivity contribution in [2.75, 3.05) is 30.5 Å². The van der Waals surface area contributed by atoms with Crippen molar-refractivity contribution in [1.82, 2.24) is 9.88 Å². The molecule has 1 aliphatic rings. The number of carbonyl (C=O) groups excluding carboxylic acids is 1. The van der Waals surface area contributed by atoms with Gasteiger partial charge in [0.05, 0.1) is 12.3 Å². The van der Waals surface area contributed by atoms with Crippen LogP contribution in [-0.4, -0.2) is 53.2 Å². The predicted molar refractivity (Wildman–Crippen MR) is 169 cm³/mol. The number of para-hydroxylation sites is 1. The van der Waals surface area contributed by atoms with Crippen LogP contribution in [-0.2, 0) is 29.1 Å². The molecule has 0 spiro atoms. The number of pyridine rings is 1. The highest BCUT2D eigenvalue weighted by molar-refractivity contribution is 7.98. The third-order valence-corrected chi connectivity index (χ3v) is 8.01. The van der Waals surface area contributed by atoms with Crippen LogP contribution in [0.15, 0.2) is 71.2 Å². The number of nitrogens with one attached hydrogen (secondary N) is 2. The topological polar surface area (TPSA) is 117 Å². The Labute approximate surface area is 251 Å². The van der Waals surface area contributed by atoms with Crippen molar-refractivity contribution in [2.24, 2.45) is 5.18 Å². The van der Waals surface area contributed by atoms with Gasteiger partial charge < -0.3 is 20.2 Å². The molecule has 4 rings (SSSR count). The van der Waals surface area contributed by atoms with Gasteiger partial charge in [-0.3, -0.25) is 9.69 Å². The molecular weight excluding hydrogens is 550 g/mol. The quantitative estimate of drug-likeness (QED) is 0.103. The fraction of sp³-hybridized carbons (Fsp3) is 0.344. The van der Waals surface area contributed by atoms with Gasteiger partial charge in [0, 0.05) is 41.8 Å². The Bertz CT molecular complexity index is 1480. The second-order valence-electron chi connectivity index (χ2n) is 10.1. The summed E-state index contributed by atoms with van der Waals surface area (Å²) in [6.07, 6.45) is 3.93. The molecule has 0 radical (unpaired) electrons. The van der Waals surface area contributed by atoms with Crippen molar-refractivity contribution in [3.05, 3.63) is 93.2 Å². The van der Waals surface area contributed by atoms with Gasteiger partial charge in [-0.15, -0.1) is 4.91 Å². The number of amides is 1. The van der Waals surface area contributed by atoms with Gasteiger partial charge >= 0.3 is 5.91 Å². The molecule has 2 heterocycles. The van der Waals surface area contributed by atoms with Crippen LogP contribution in [0.3, 0.4) is 0 Å². The van der Waals surface area contributed by atoms with E-state index in [1.54, 1.807) is 13.0 Å². The number of carbonyl (C=O) groups is 1. The largest absolute Gasteiger partial charge is 0.488 e. The summed E-state index contributed by atoms with van der Waals surface area (Å²) in [6.45, 7) is 8.72. The van der Waals surface area contributed by atoms with Gasteiger partial charge in [0.25, 0.3) is 0 Å². The second-order valence-corrected chi connectivity index (χ2v) is 11.0. The molecule has 1 aromatic heterocycles. The van der Waals surface area contributed by atoms with Crippen LogP contribution in [0.5, 0.6) is 5.75 Å². The number of nitrogens with zero attached hydrogens (tertiary/aromatic N) is 3. The minimum Gasteiger partial charge on any atom is -0.488 e. The average molecular weight is 588 g/mol. The first-order chi connectivity index (χ1) is 20.4. The smallest absolute Gasteiger partial charge is 0.323 e. The molecule has 1 amide bonds. The zero-order valence-corrected chi connectivity index (χ0v) is 25.3. The van der Waals surface area contributed by atoms with Crippen LogP contribution in [0.1, 0.15) is 36.1 Å². The van der Waals surface area contributed by atoms with Gasteiger partial charge in [0.15, 0.2) is 0 Å². The number of ether oxygens (including phenoxy) is 2. The Morgan fingerprint density at radius 3 is 2.76 bits per heavy atom. The fourth-order valence-electron chi connectivity index (χ4n) is 5.01. The van der Waals surface area contributed by atoms with Crippen LogP contribution in [0.25, 0.3) is 11.3 Å². The van der Waals surface area contributed by atoms with Gasteiger partial charge in [-0.25, -0.2) is 4.98 Å². The molecule has 0 saturated heterocycles. The van der Waals surface area contributed by atoms with E-state index in [-0.39, 0.29) is 18.1 Å². The molecule has 0 bridgehead atoms. The zero-order chi connectivity index (χ0) is 30.1. The minimum absolute atomic E-state index is 0.0586.